The smallest absolute Gasteiger partial charge is 0.258 e. The molecule has 0 fully saturated rings. The van der Waals surface area contributed by atoms with Gasteiger partial charge in [0.05, 0.1) is 10.5 Å². The van der Waals surface area contributed by atoms with Gasteiger partial charge in [0.15, 0.2) is 0 Å². The molecule has 0 atom stereocenters. The van der Waals surface area contributed by atoms with Crippen molar-refractivity contribution in [2.75, 3.05) is 0 Å². The van der Waals surface area contributed by atoms with Gasteiger partial charge in [-0.15, -0.1) is 0 Å². The van der Waals surface area contributed by atoms with E-state index in [-0.39, 0.29) is 5.56 Å². The summed E-state index contributed by atoms with van der Waals surface area (Å²) in [6.07, 6.45) is 0. The van der Waals surface area contributed by atoms with E-state index in [0.29, 0.717) is 0 Å². The summed E-state index contributed by atoms with van der Waals surface area (Å²) in [5.41, 5.74) is -0.709. The first kappa shape index (κ1) is 11.5. The van der Waals surface area contributed by atoms with Crippen molar-refractivity contribution in [2.24, 2.45) is 0 Å². The maximum Gasteiger partial charge on any atom is 0.277 e. The molecule has 0 spiro atoms. The minimum atomic E-state index is -2.01. The Labute approximate surface area is 93.5 Å². The summed E-state index contributed by atoms with van der Waals surface area (Å²) in [7, 11) is 0. The van der Waals surface area contributed by atoms with Crippen LogP contribution in [-0.2, 0) is 3.79 Å². The third-order valence-electron chi connectivity index (χ3n) is 1.46. The van der Waals surface area contributed by atoms with E-state index in [2.05, 4.69) is 0 Å². The van der Waals surface area contributed by atoms with E-state index in [1.54, 1.807) is 0 Å². The van der Waals surface area contributed by atoms with Gasteiger partial charge < -0.3 is 0 Å². The molecule has 0 saturated carbocycles. The molecular formula is C7H3Cl3FNO2. The lowest BCUT2D eigenvalue weighted by Crippen LogP contribution is -2.05. The van der Waals surface area contributed by atoms with Crippen LogP contribution in [0.3, 0.4) is 0 Å². The van der Waals surface area contributed by atoms with Gasteiger partial charge in [-0.2, -0.15) is 0 Å². The van der Waals surface area contributed by atoms with Crippen LogP contribution in [0.15, 0.2) is 18.2 Å². The van der Waals surface area contributed by atoms with Gasteiger partial charge in [-0.05, 0) is 12.1 Å². The number of benzene rings is 1. The number of nitrogens with zero attached hydrogens (tertiary/aromatic N) is 1. The Balaban J connectivity index is 3.38. The lowest BCUT2D eigenvalue weighted by molar-refractivity contribution is -0.385. The van der Waals surface area contributed by atoms with E-state index in [9.17, 15) is 14.5 Å². The summed E-state index contributed by atoms with van der Waals surface area (Å²) in [5.74, 6) is -0.697. The Morgan fingerprint density at radius 1 is 1.36 bits per heavy atom. The van der Waals surface area contributed by atoms with E-state index in [0.717, 1.165) is 18.2 Å². The molecule has 0 radical (unpaired) electrons. The molecular weight excluding hydrogens is 255 g/mol. The van der Waals surface area contributed by atoms with E-state index in [1.807, 2.05) is 0 Å². The van der Waals surface area contributed by atoms with Gasteiger partial charge in [-0.25, -0.2) is 4.39 Å². The molecule has 76 valence electrons. The van der Waals surface area contributed by atoms with Crippen LogP contribution < -0.4 is 0 Å². The minimum Gasteiger partial charge on any atom is -0.258 e. The second-order valence-corrected chi connectivity index (χ2v) is 4.70. The second-order valence-electron chi connectivity index (χ2n) is 2.42. The SMILES string of the molecule is O=[N+]([O-])c1ccc(F)cc1C(Cl)(Cl)Cl. The molecule has 1 aromatic rings. The Morgan fingerprint density at radius 3 is 2.36 bits per heavy atom. The van der Waals surface area contributed by atoms with Crippen LogP contribution in [0.2, 0.25) is 0 Å². The van der Waals surface area contributed by atoms with Crippen molar-refractivity contribution in [2.45, 2.75) is 3.79 Å². The average molecular weight is 258 g/mol. The lowest BCUT2D eigenvalue weighted by Gasteiger charge is -2.10. The third-order valence-corrected chi connectivity index (χ3v) is 2.07. The Morgan fingerprint density at radius 2 is 1.93 bits per heavy atom. The number of rotatable bonds is 1. The fraction of sp³-hybridized carbons (Fsp3) is 0.143. The van der Waals surface area contributed by atoms with Gasteiger partial charge >= 0.3 is 0 Å². The first-order chi connectivity index (χ1) is 6.32. The zero-order chi connectivity index (χ0) is 10.9. The number of nitro benzene ring substituents is 1. The van der Waals surface area contributed by atoms with Crippen molar-refractivity contribution < 1.29 is 9.31 Å². The third kappa shape index (κ3) is 2.47. The topological polar surface area (TPSA) is 43.1 Å². The van der Waals surface area contributed by atoms with Gasteiger partial charge in [0.2, 0.25) is 3.79 Å². The van der Waals surface area contributed by atoms with Gasteiger partial charge in [0.25, 0.3) is 5.69 Å². The minimum absolute atomic E-state index is 0.285. The molecule has 1 aromatic carbocycles. The van der Waals surface area contributed by atoms with Gasteiger partial charge in [-0.3, -0.25) is 10.1 Å². The fourth-order valence-corrected chi connectivity index (χ4v) is 1.35. The van der Waals surface area contributed by atoms with Crippen LogP contribution in [-0.4, -0.2) is 4.92 Å². The molecule has 0 saturated heterocycles. The molecule has 7 heteroatoms. The predicted molar refractivity (Wildman–Crippen MR) is 52.3 cm³/mol. The van der Waals surface area contributed by atoms with Gasteiger partial charge in [-0.1, -0.05) is 34.8 Å². The number of hydrogen-bond donors (Lipinski definition) is 0. The van der Waals surface area contributed by atoms with Gasteiger partial charge in [0.1, 0.15) is 5.82 Å². The maximum absolute atomic E-state index is 12.7. The molecule has 3 nitrogen and oxygen atoms in total. The van der Waals surface area contributed by atoms with E-state index >= 15 is 0 Å². The van der Waals surface area contributed by atoms with E-state index < -0.39 is 20.2 Å². The van der Waals surface area contributed by atoms with Crippen molar-refractivity contribution >= 4 is 40.5 Å². The Kier molecular flexibility index (Phi) is 3.19. The molecule has 14 heavy (non-hydrogen) atoms. The van der Waals surface area contributed by atoms with Crippen LogP contribution in [0.4, 0.5) is 10.1 Å². The highest BCUT2D eigenvalue weighted by atomic mass is 35.6. The van der Waals surface area contributed by atoms with Crippen LogP contribution in [0.1, 0.15) is 5.56 Å². The van der Waals surface area contributed by atoms with Crippen molar-refractivity contribution in [3.8, 4) is 0 Å². The highest BCUT2D eigenvalue weighted by molar-refractivity contribution is 6.67. The summed E-state index contributed by atoms with van der Waals surface area (Å²) in [6.45, 7) is 0. The highest BCUT2D eigenvalue weighted by Crippen LogP contribution is 2.42. The Bertz CT molecular complexity index is 378. The molecule has 0 N–H and O–H groups in total. The lowest BCUT2D eigenvalue weighted by atomic mass is 10.2. The number of alkyl halides is 3. The summed E-state index contributed by atoms with van der Waals surface area (Å²) < 4.78 is 10.7. The molecule has 0 unspecified atom stereocenters. The molecule has 0 aliphatic heterocycles. The molecule has 0 bridgehead atoms. The van der Waals surface area contributed by atoms with Crippen LogP contribution in [0.25, 0.3) is 0 Å². The van der Waals surface area contributed by atoms with Crippen molar-refractivity contribution in [1.82, 2.24) is 0 Å². The van der Waals surface area contributed by atoms with E-state index in [4.69, 9.17) is 34.8 Å². The monoisotopic (exact) mass is 257 g/mol. The van der Waals surface area contributed by atoms with E-state index in [1.165, 1.54) is 0 Å². The Hall–Kier alpha value is -0.580. The zero-order valence-corrected chi connectivity index (χ0v) is 8.78. The fourth-order valence-electron chi connectivity index (χ4n) is 0.895. The number of nitro groups is 1. The first-order valence-electron chi connectivity index (χ1n) is 3.33. The van der Waals surface area contributed by atoms with Crippen molar-refractivity contribution in [3.05, 3.63) is 39.7 Å². The number of halogens is 4. The normalized spacial score (nSPS) is 11.4. The summed E-state index contributed by atoms with van der Waals surface area (Å²) >= 11 is 16.3. The highest BCUT2D eigenvalue weighted by Gasteiger charge is 2.31. The average Bonchev–Trinajstić information content (AvgIpc) is 2.01. The van der Waals surface area contributed by atoms with Crippen LogP contribution in [0.5, 0.6) is 0 Å². The molecule has 0 heterocycles. The van der Waals surface area contributed by atoms with Crippen molar-refractivity contribution in [1.29, 1.82) is 0 Å². The predicted octanol–water partition coefficient (Wildman–Crippen LogP) is 3.56. The maximum atomic E-state index is 12.7. The standard InChI is InChI=1S/C7H3Cl3FNO2/c8-7(9,10)5-3-4(11)1-2-6(5)12(13)14/h1-3H. The quantitative estimate of drug-likeness (QED) is 0.439. The van der Waals surface area contributed by atoms with Gasteiger partial charge in [0, 0.05) is 6.07 Å². The molecule has 0 aliphatic rings. The van der Waals surface area contributed by atoms with Crippen LogP contribution in [0, 0.1) is 15.9 Å². The summed E-state index contributed by atoms with van der Waals surface area (Å²) in [6, 6.07) is 2.70. The molecule has 0 amide bonds. The zero-order valence-electron chi connectivity index (χ0n) is 6.51. The van der Waals surface area contributed by atoms with Crippen LogP contribution >= 0.6 is 34.8 Å². The second kappa shape index (κ2) is 3.88. The summed E-state index contributed by atoms with van der Waals surface area (Å²) in [4.78, 5) is 9.75. The largest absolute Gasteiger partial charge is 0.277 e. The number of hydrogen-bond acceptors (Lipinski definition) is 2. The molecule has 0 aliphatic carbocycles. The molecule has 1 rings (SSSR count). The van der Waals surface area contributed by atoms with Crippen molar-refractivity contribution in [3.63, 3.8) is 0 Å². The summed E-state index contributed by atoms with van der Waals surface area (Å²) in [5, 5.41) is 10.5. The molecule has 0 aromatic heterocycles. The first-order valence-corrected chi connectivity index (χ1v) is 4.47.